The topological polar surface area (TPSA) is 162 Å². The zero-order valence-electron chi connectivity index (χ0n) is 22.9. The molecular weight excluding hydrogens is 552 g/mol. The van der Waals surface area contributed by atoms with E-state index in [1.165, 1.54) is 31.0 Å². The lowest BCUT2D eigenvalue weighted by Gasteiger charge is -2.48. The summed E-state index contributed by atoms with van der Waals surface area (Å²) in [5.41, 5.74) is -0.479. The normalized spacial score (nSPS) is 15.7. The van der Waals surface area contributed by atoms with Crippen LogP contribution in [0, 0.1) is 11.6 Å². The zero-order chi connectivity index (χ0) is 30.0. The summed E-state index contributed by atoms with van der Waals surface area (Å²) in [4.78, 5) is 57.3. The van der Waals surface area contributed by atoms with Crippen molar-refractivity contribution in [2.75, 3.05) is 25.0 Å². The van der Waals surface area contributed by atoms with E-state index in [1.807, 2.05) is 18.7 Å². The monoisotopic (exact) mass is 579 g/mol. The van der Waals surface area contributed by atoms with E-state index in [9.17, 15) is 23.2 Å². The Balaban J connectivity index is 1.20. The maximum Gasteiger partial charge on any atom is 0.274 e. The Hall–Kier alpha value is -5.05. The van der Waals surface area contributed by atoms with E-state index in [-0.39, 0.29) is 40.6 Å². The van der Waals surface area contributed by atoms with Crippen molar-refractivity contribution in [3.05, 3.63) is 76.9 Å². The number of hydrogen-bond donors (Lipinski definition) is 3. The van der Waals surface area contributed by atoms with E-state index < -0.39 is 28.8 Å². The molecule has 1 aliphatic heterocycles. The number of H-pyrrole nitrogens is 2. The van der Waals surface area contributed by atoms with E-state index in [0.29, 0.717) is 31.3 Å². The smallest absolute Gasteiger partial charge is 0.274 e. The molecule has 0 saturated carbocycles. The first-order valence-electron chi connectivity index (χ1n) is 12.9. The maximum atomic E-state index is 13.8. The molecule has 1 atom stereocenters. The van der Waals surface area contributed by atoms with Gasteiger partial charge in [0, 0.05) is 43.7 Å². The molecule has 1 aromatic carbocycles. The molecule has 3 aromatic heterocycles. The van der Waals surface area contributed by atoms with Gasteiger partial charge in [-0.2, -0.15) is 5.10 Å². The van der Waals surface area contributed by atoms with Crippen LogP contribution < -0.4 is 15.6 Å². The van der Waals surface area contributed by atoms with Crippen molar-refractivity contribution in [2.45, 2.75) is 32.4 Å². The van der Waals surface area contributed by atoms with E-state index in [4.69, 9.17) is 4.74 Å². The Labute approximate surface area is 238 Å². The van der Waals surface area contributed by atoms with Gasteiger partial charge in [0.1, 0.15) is 17.2 Å². The van der Waals surface area contributed by atoms with Crippen molar-refractivity contribution in [1.82, 2.24) is 39.9 Å². The lowest BCUT2D eigenvalue weighted by molar-refractivity contribution is -0.122. The minimum absolute atomic E-state index is 0.0389. The van der Waals surface area contributed by atoms with Gasteiger partial charge in [0.25, 0.3) is 11.5 Å². The zero-order valence-corrected chi connectivity index (χ0v) is 22.9. The molecule has 42 heavy (non-hydrogen) atoms. The molecule has 0 unspecified atom stereocenters. The van der Waals surface area contributed by atoms with Gasteiger partial charge in [-0.15, -0.1) is 0 Å². The number of aromatic amines is 2. The molecule has 1 saturated heterocycles. The number of amides is 2. The third kappa shape index (κ3) is 6.00. The molecule has 0 aliphatic carbocycles. The Morgan fingerprint density at radius 3 is 2.60 bits per heavy atom. The predicted molar refractivity (Wildman–Crippen MR) is 146 cm³/mol. The molecule has 4 aromatic rings. The van der Waals surface area contributed by atoms with Gasteiger partial charge in [0.2, 0.25) is 11.8 Å². The molecule has 0 spiro atoms. The number of nitrogens with zero attached hydrogens (tertiary/aromatic N) is 6. The van der Waals surface area contributed by atoms with E-state index in [1.54, 1.807) is 11.8 Å². The first-order valence-corrected chi connectivity index (χ1v) is 12.9. The molecule has 1 fully saturated rings. The van der Waals surface area contributed by atoms with Crippen LogP contribution in [0.2, 0.25) is 0 Å². The highest BCUT2D eigenvalue weighted by atomic mass is 19.1. The second kappa shape index (κ2) is 11.4. The number of carbonyl (C=O) groups is 2. The number of carbonyl (C=O) groups excluding carboxylic acids is 2. The van der Waals surface area contributed by atoms with Crippen LogP contribution in [0.1, 0.15) is 31.3 Å². The fraction of sp³-hybridized carbons (Fsp3) is 0.296. The largest absolute Gasteiger partial charge is 0.434 e. The number of anilines is 1. The minimum Gasteiger partial charge on any atom is -0.434 e. The summed E-state index contributed by atoms with van der Waals surface area (Å²) in [5.74, 6) is -2.42. The molecule has 0 bridgehead atoms. The molecule has 218 valence electrons. The molecule has 5 rings (SSSR count). The Morgan fingerprint density at radius 1 is 1.12 bits per heavy atom. The van der Waals surface area contributed by atoms with Crippen molar-refractivity contribution in [3.63, 3.8) is 0 Å². The standard InChI is InChI=1S/C27H27F2N9O4/c1-15(24(39)36-21-12-31-22(13-30-21)42-20-5-4-17(28)8-18(20)29)37-6-7-38(27(2,3)14-37)26(41)19-11-32-25(40)23(35-19)16-9-33-34-10-16/h4-5,8-13,15H,6-7,14H2,1-3H3,(H,32,40)(H,33,34)(H,30,36,39)/t15-/m0/s1. The van der Waals surface area contributed by atoms with Crippen LogP contribution in [-0.4, -0.2) is 83.0 Å². The maximum absolute atomic E-state index is 13.8. The Morgan fingerprint density at radius 2 is 1.93 bits per heavy atom. The molecule has 4 heterocycles. The van der Waals surface area contributed by atoms with E-state index >= 15 is 0 Å². The van der Waals surface area contributed by atoms with Crippen LogP contribution >= 0.6 is 0 Å². The number of piperazine rings is 1. The van der Waals surface area contributed by atoms with Gasteiger partial charge in [-0.3, -0.25) is 24.4 Å². The van der Waals surface area contributed by atoms with Crippen molar-refractivity contribution in [1.29, 1.82) is 0 Å². The van der Waals surface area contributed by atoms with E-state index in [0.717, 1.165) is 12.1 Å². The lowest BCUT2D eigenvalue weighted by atomic mass is 9.96. The highest BCUT2D eigenvalue weighted by Crippen LogP contribution is 2.26. The SMILES string of the molecule is C[C@@H](C(=O)Nc1cnc(Oc2ccc(F)cc2F)cn1)N1CCN(C(=O)c2c[nH]c(=O)c(-c3cn[nH]c3)n2)C(C)(C)C1. The van der Waals surface area contributed by atoms with Gasteiger partial charge in [0.15, 0.2) is 17.4 Å². The summed E-state index contributed by atoms with van der Waals surface area (Å²) in [5, 5.41) is 9.15. The van der Waals surface area contributed by atoms with Crippen LogP contribution in [0.5, 0.6) is 11.6 Å². The van der Waals surface area contributed by atoms with Gasteiger partial charge in [-0.25, -0.2) is 23.7 Å². The van der Waals surface area contributed by atoms with Crippen LogP contribution in [0.3, 0.4) is 0 Å². The second-order valence-electron chi connectivity index (χ2n) is 10.3. The number of hydrogen-bond acceptors (Lipinski definition) is 9. The molecule has 13 nitrogen and oxygen atoms in total. The van der Waals surface area contributed by atoms with Gasteiger partial charge >= 0.3 is 0 Å². The van der Waals surface area contributed by atoms with Crippen LogP contribution in [0.25, 0.3) is 11.3 Å². The van der Waals surface area contributed by atoms with Crippen molar-refractivity contribution >= 4 is 17.6 Å². The molecule has 1 aliphatic rings. The van der Waals surface area contributed by atoms with Crippen molar-refractivity contribution in [2.24, 2.45) is 0 Å². The summed E-state index contributed by atoms with van der Waals surface area (Å²) >= 11 is 0. The van der Waals surface area contributed by atoms with E-state index in [2.05, 4.69) is 35.5 Å². The van der Waals surface area contributed by atoms with Gasteiger partial charge in [0.05, 0.1) is 30.2 Å². The molecule has 0 radical (unpaired) electrons. The third-order valence-corrected chi connectivity index (χ3v) is 6.87. The number of aromatic nitrogens is 6. The quantitative estimate of drug-likeness (QED) is 0.299. The van der Waals surface area contributed by atoms with Crippen molar-refractivity contribution in [3.8, 4) is 22.9 Å². The van der Waals surface area contributed by atoms with Crippen LogP contribution in [0.15, 0.2) is 54.0 Å². The van der Waals surface area contributed by atoms with Gasteiger partial charge in [-0.1, -0.05) is 0 Å². The minimum atomic E-state index is -0.887. The summed E-state index contributed by atoms with van der Waals surface area (Å²) in [6.07, 6.45) is 6.73. The lowest BCUT2D eigenvalue weighted by Crippen LogP contribution is -2.63. The van der Waals surface area contributed by atoms with Gasteiger partial charge < -0.3 is 19.9 Å². The molecule has 2 amide bonds. The molecule has 15 heteroatoms. The number of rotatable bonds is 7. The average molecular weight is 580 g/mol. The second-order valence-corrected chi connectivity index (χ2v) is 10.3. The first-order chi connectivity index (χ1) is 20.0. The fourth-order valence-corrected chi connectivity index (χ4v) is 4.63. The number of benzene rings is 1. The summed E-state index contributed by atoms with van der Waals surface area (Å²) in [6, 6.07) is 2.30. The fourth-order valence-electron chi connectivity index (χ4n) is 4.63. The molecular formula is C27H27F2N9O4. The van der Waals surface area contributed by atoms with Crippen LogP contribution in [-0.2, 0) is 4.79 Å². The summed E-state index contributed by atoms with van der Waals surface area (Å²) < 4.78 is 32.2. The number of ether oxygens (including phenoxy) is 1. The first kappa shape index (κ1) is 28.5. The Kier molecular flexibility index (Phi) is 7.76. The predicted octanol–water partition coefficient (Wildman–Crippen LogP) is 2.58. The average Bonchev–Trinajstić information content (AvgIpc) is 3.49. The third-order valence-electron chi connectivity index (χ3n) is 6.87. The van der Waals surface area contributed by atoms with Crippen molar-refractivity contribution < 1.29 is 23.1 Å². The Bertz CT molecular complexity index is 1660. The van der Waals surface area contributed by atoms with Crippen LogP contribution in [0.4, 0.5) is 14.6 Å². The summed E-state index contributed by atoms with van der Waals surface area (Å²) in [6.45, 7) is 6.62. The summed E-state index contributed by atoms with van der Waals surface area (Å²) in [7, 11) is 0. The number of halogens is 2. The number of nitrogens with one attached hydrogen (secondary N) is 3. The molecule has 3 N–H and O–H groups in total. The highest BCUT2D eigenvalue weighted by Gasteiger charge is 2.40. The highest BCUT2D eigenvalue weighted by molar-refractivity contribution is 5.94. The van der Waals surface area contributed by atoms with Gasteiger partial charge in [-0.05, 0) is 32.9 Å².